The molecule has 3 aliphatic rings. The van der Waals surface area contributed by atoms with Crippen molar-refractivity contribution < 1.29 is 4.79 Å². The van der Waals surface area contributed by atoms with Gasteiger partial charge in [-0.15, -0.1) is 0 Å². The van der Waals surface area contributed by atoms with Crippen molar-refractivity contribution >= 4 is 5.91 Å². The molecule has 3 rings (SSSR count). The Kier molecular flexibility index (Phi) is 4.04. The monoisotopic (exact) mass is 279 g/mol. The number of carbonyl (C=O) groups excluding carboxylic acids is 1. The van der Waals surface area contributed by atoms with Crippen LogP contribution in [0.25, 0.3) is 0 Å². The molecule has 0 aromatic heterocycles. The molecule has 3 heterocycles. The number of nitrogens with one attached hydrogen (secondary N) is 1. The lowest BCUT2D eigenvalue weighted by atomic mass is 10.1. The molecule has 2 bridgehead atoms. The topological polar surface area (TPSA) is 35.6 Å². The summed E-state index contributed by atoms with van der Waals surface area (Å²) in [6.07, 6.45) is 6.11. The summed E-state index contributed by atoms with van der Waals surface area (Å²) in [6.45, 7) is 8.49. The van der Waals surface area contributed by atoms with Gasteiger partial charge >= 0.3 is 0 Å². The van der Waals surface area contributed by atoms with Crippen LogP contribution in [0.3, 0.4) is 0 Å². The molecule has 0 spiro atoms. The molecule has 0 radical (unpaired) electrons. The number of hydrogen-bond donors (Lipinski definition) is 1. The minimum absolute atomic E-state index is 0.0409. The van der Waals surface area contributed by atoms with E-state index in [4.69, 9.17) is 0 Å². The van der Waals surface area contributed by atoms with Crippen molar-refractivity contribution in [1.82, 2.24) is 15.1 Å². The van der Waals surface area contributed by atoms with Gasteiger partial charge in [-0.25, -0.2) is 0 Å². The zero-order valence-electron chi connectivity index (χ0n) is 13.1. The Morgan fingerprint density at radius 3 is 2.40 bits per heavy atom. The smallest absolute Gasteiger partial charge is 0.239 e. The molecule has 114 valence electrons. The maximum Gasteiger partial charge on any atom is 0.239 e. The largest absolute Gasteiger partial charge is 0.340 e. The molecular formula is C16H29N3O. The van der Waals surface area contributed by atoms with Crippen LogP contribution in [0.15, 0.2) is 0 Å². The van der Waals surface area contributed by atoms with Crippen LogP contribution >= 0.6 is 0 Å². The van der Waals surface area contributed by atoms with Crippen LogP contribution < -0.4 is 5.32 Å². The fourth-order valence-electron chi connectivity index (χ4n) is 4.51. The van der Waals surface area contributed by atoms with Crippen molar-refractivity contribution in [2.75, 3.05) is 13.1 Å². The fourth-order valence-corrected chi connectivity index (χ4v) is 4.51. The van der Waals surface area contributed by atoms with Crippen LogP contribution in [0.5, 0.6) is 0 Å². The van der Waals surface area contributed by atoms with Crippen molar-refractivity contribution in [3.8, 4) is 0 Å². The van der Waals surface area contributed by atoms with Crippen LogP contribution in [0, 0.1) is 0 Å². The minimum Gasteiger partial charge on any atom is -0.340 e. The SMILES string of the molecule is CC1CCC(C)N1C(C)C(=O)N1CCC2CCC(C1)N2. The highest BCUT2D eigenvalue weighted by atomic mass is 16.2. The second kappa shape index (κ2) is 5.64. The molecule has 4 nitrogen and oxygen atoms in total. The number of nitrogens with zero attached hydrogens (tertiary/aromatic N) is 2. The van der Waals surface area contributed by atoms with E-state index < -0.39 is 0 Å². The third-order valence-corrected chi connectivity index (χ3v) is 5.66. The molecule has 0 aromatic carbocycles. The van der Waals surface area contributed by atoms with Crippen molar-refractivity contribution in [1.29, 1.82) is 0 Å². The Bertz CT molecular complexity index is 363. The Morgan fingerprint density at radius 1 is 1.05 bits per heavy atom. The molecule has 1 amide bonds. The number of rotatable bonds is 2. The van der Waals surface area contributed by atoms with Crippen LogP contribution in [0.1, 0.15) is 52.9 Å². The normalized spacial score (nSPS) is 39.9. The molecular weight excluding hydrogens is 250 g/mol. The second-order valence-electron chi connectivity index (χ2n) is 7.11. The van der Waals surface area contributed by atoms with Gasteiger partial charge in [0, 0.05) is 37.3 Å². The van der Waals surface area contributed by atoms with Gasteiger partial charge in [0.25, 0.3) is 0 Å². The Labute approximate surface area is 122 Å². The van der Waals surface area contributed by atoms with Crippen LogP contribution in [0.4, 0.5) is 0 Å². The molecule has 1 N–H and O–H groups in total. The minimum atomic E-state index is 0.0409. The average Bonchev–Trinajstić information content (AvgIpc) is 2.91. The van der Waals surface area contributed by atoms with E-state index in [1.807, 2.05) is 0 Å². The molecule has 3 fully saturated rings. The van der Waals surface area contributed by atoms with Gasteiger partial charge in [0.05, 0.1) is 6.04 Å². The predicted octanol–water partition coefficient (Wildman–Crippen LogP) is 1.60. The number of hydrogen-bond acceptors (Lipinski definition) is 3. The molecule has 0 aliphatic carbocycles. The highest BCUT2D eigenvalue weighted by Gasteiger charge is 2.38. The van der Waals surface area contributed by atoms with Gasteiger partial charge in [-0.3, -0.25) is 9.69 Å². The quantitative estimate of drug-likeness (QED) is 0.834. The Hall–Kier alpha value is -0.610. The molecule has 0 aromatic rings. The van der Waals surface area contributed by atoms with Crippen LogP contribution in [-0.2, 0) is 4.79 Å². The van der Waals surface area contributed by atoms with E-state index in [2.05, 4.69) is 35.9 Å². The van der Waals surface area contributed by atoms with Crippen molar-refractivity contribution in [3.63, 3.8) is 0 Å². The number of likely N-dealkylation sites (tertiary alicyclic amines) is 2. The number of carbonyl (C=O) groups is 1. The maximum atomic E-state index is 12.9. The number of amides is 1. The van der Waals surface area contributed by atoms with Gasteiger partial charge in [0.2, 0.25) is 5.91 Å². The lowest BCUT2D eigenvalue weighted by Gasteiger charge is -2.35. The molecule has 5 unspecified atom stereocenters. The van der Waals surface area contributed by atoms with Gasteiger partial charge in [0.15, 0.2) is 0 Å². The summed E-state index contributed by atoms with van der Waals surface area (Å²) in [5.74, 6) is 0.347. The molecule has 5 atom stereocenters. The lowest BCUT2D eigenvalue weighted by molar-refractivity contribution is -0.137. The van der Waals surface area contributed by atoms with Gasteiger partial charge in [0.1, 0.15) is 0 Å². The first-order chi connectivity index (χ1) is 9.56. The molecule has 3 saturated heterocycles. The zero-order chi connectivity index (χ0) is 14.3. The summed E-state index contributed by atoms with van der Waals surface area (Å²) in [4.78, 5) is 17.4. The van der Waals surface area contributed by atoms with Gasteiger partial charge < -0.3 is 10.2 Å². The maximum absolute atomic E-state index is 12.9. The van der Waals surface area contributed by atoms with Gasteiger partial charge in [-0.1, -0.05) is 0 Å². The summed E-state index contributed by atoms with van der Waals surface area (Å²) in [7, 11) is 0. The van der Waals surface area contributed by atoms with Gasteiger partial charge in [-0.05, 0) is 52.9 Å². The predicted molar refractivity (Wildman–Crippen MR) is 80.6 cm³/mol. The standard InChI is InChI=1S/C16H29N3O/c1-11-4-5-12(2)19(11)13(3)16(20)18-9-8-14-6-7-15(10-18)17-14/h11-15,17H,4-10H2,1-3H3. The van der Waals surface area contributed by atoms with E-state index in [0.29, 0.717) is 30.1 Å². The summed E-state index contributed by atoms with van der Waals surface area (Å²) in [6, 6.07) is 2.32. The molecule has 3 aliphatic heterocycles. The highest BCUT2D eigenvalue weighted by molar-refractivity contribution is 5.81. The van der Waals surface area contributed by atoms with Crippen molar-refractivity contribution in [2.24, 2.45) is 0 Å². The zero-order valence-corrected chi connectivity index (χ0v) is 13.1. The molecule has 0 saturated carbocycles. The highest BCUT2D eigenvalue weighted by Crippen LogP contribution is 2.27. The summed E-state index contributed by atoms with van der Waals surface area (Å²) < 4.78 is 0. The van der Waals surface area contributed by atoms with Crippen LogP contribution in [0.2, 0.25) is 0 Å². The fraction of sp³-hybridized carbons (Fsp3) is 0.938. The van der Waals surface area contributed by atoms with Gasteiger partial charge in [-0.2, -0.15) is 0 Å². The average molecular weight is 279 g/mol. The first-order valence-electron chi connectivity index (χ1n) is 8.38. The summed E-state index contributed by atoms with van der Waals surface area (Å²) in [5.41, 5.74) is 0. The Balaban J connectivity index is 1.65. The van der Waals surface area contributed by atoms with Crippen molar-refractivity contribution in [3.05, 3.63) is 0 Å². The first kappa shape index (κ1) is 14.3. The molecule has 20 heavy (non-hydrogen) atoms. The van der Waals surface area contributed by atoms with E-state index in [9.17, 15) is 4.79 Å². The summed E-state index contributed by atoms with van der Waals surface area (Å²) >= 11 is 0. The first-order valence-corrected chi connectivity index (χ1v) is 8.38. The van der Waals surface area contributed by atoms with Crippen molar-refractivity contribution in [2.45, 2.75) is 83.1 Å². The summed E-state index contributed by atoms with van der Waals surface area (Å²) in [5, 5.41) is 3.66. The van der Waals surface area contributed by atoms with E-state index in [0.717, 1.165) is 19.5 Å². The number of fused-ring (bicyclic) bond motifs is 2. The van der Waals surface area contributed by atoms with E-state index in [-0.39, 0.29) is 6.04 Å². The Morgan fingerprint density at radius 2 is 1.70 bits per heavy atom. The molecule has 4 heteroatoms. The van der Waals surface area contributed by atoms with Crippen LogP contribution in [-0.4, -0.2) is 59.0 Å². The third-order valence-electron chi connectivity index (χ3n) is 5.66. The third kappa shape index (κ3) is 2.60. The van der Waals surface area contributed by atoms with E-state index in [1.54, 1.807) is 0 Å². The lowest BCUT2D eigenvalue weighted by Crippen LogP contribution is -2.52. The van der Waals surface area contributed by atoms with E-state index >= 15 is 0 Å². The van der Waals surface area contributed by atoms with E-state index in [1.165, 1.54) is 25.7 Å². The second-order valence-corrected chi connectivity index (χ2v) is 7.11.